The Bertz CT molecular complexity index is 456. The van der Waals surface area contributed by atoms with E-state index in [1.807, 2.05) is 24.3 Å². The lowest BCUT2D eigenvalue weighted by atomic mass is 9.73. The van der Waals surface area contributed by atoms with Gasteiger partial charge in [-0.15, -0.1) is 12.4 Å². The quantitative estimate of drug-likeness (QED) is 0.836. The summed E-state index contributed by atoms with van der Waals surface area (Å²) >= 11 is 0. The van der Waals surface area contributed by atoms with Crippen molar-refractivity contribution in [2.24, 2.45) is 11.1 Å². The summed E-state index contributed by atoms with van der Waals surface area (Å²) in [5.74, 6) is 0.882. The van der Waals surface area contributed by atoms with Crippen LogP contribution in [-0.4, -0.2) is 19.1 Å². The smallest absolute Gasteiger partial charge is 0.224 e. The highest BCUT2D eigenvalue weighted by molar-refractivity contribution is 5.91. The van der Waals surface area contributed by atoms with Gasteiger partial charge < -0.3 is 15.8 Å². The molecule has 0 bridgehead atoms. The maximum Gasteiger partial charge on any atom is 0.224 e. The minimum absolute atomic E-state index is 0. The van der Waals surface area contributed by atoms with Crippen molar-refractivity contribution < 1.29 is 9.53 Å². The summed E-state index contributed by atoms with van der Waals surface area (Å²) in [6.07, 6.45) is 6.73. The van der Waals surface area contributed by atoms with Gasteiger partial charge in [-0.3, -0.25) is 4.79 Å². The van der Waals surface area contributed by atoms with E-state index in [4.69, 9.17) is 10.5 Å². The van der Waals surface area contributed by atoms with Gasteiger partial charge in [0.15, 0.2) is 0 Å². The van der Waals surface area contributed by atoms with Crippen molar-refractivity contribution >= 4 is 24.0 Å². The fourth-order valence-electron chi connectivity index (χ4n) is 2.99. The van der Waals surface area contributed by atoms with Crippen LogP contribution in [0.5, 0.6) is 5.75 Å². The highest BCUT2D eigenvalue weighted by atomic mass is 35.5. The Labute approximate surface area is 139 Å². The van der Waals surface area contributed by atoms with Crippen molar-refractivity contribution in [3.8, 4) is 5.75 Å². The van der Waals surface area contributed by atoms with Gasteiger partial charge in [-0.2, -0.15) is 0 Å². The van der Waals surface area contributed by atoms with Gasteiger partial charge in [0.1, 0.15) is 12.4 Å². The summed E-state index contributed by atoms with van der Waals surface area (Å²) in [6, 6.07) is 7.45. The molecule has 1 aromatic carbocycles. The minimum Gasteiger partial charge on any atom is -0.492 e. The number of benzene rings is 1. The number of ether oxygens (including phenoxy) is 1. The van der Waals surface area contributed by atoms with E-state index < -0.39 is 0 Å². The third-order valence-corrected chi connectivity index (χ3v) is 4.17. The summed E-state index contributed by atoms with van der Waals surface area (Å²) in [4.78, 5) is 12.2. The second kappa shape index (κ2) is 9.01. The van der Waals surface area contributed by atoms with E-state index in [1.165, 1.54) is 19.3 Å². The van der Waals surface area contributed by atoms with E-state index in [9.17, 15) is 4.79 Å². The number of hydrogen-bond acceptors (Lipinski definition) is 3. The molecule has 3 N–H and O–H groups in total. The van der Waals surface area contributed by atoms with E-state index >= 15 is 0 Å². The number of carbonyl (C=O) groups excluding carboxylic acids is 1. The molecule has 1 aliphatic rings. The molecule has 0 heterocycles. The van der Waals surface area contributed by atoms with Gasteiger partial charge in [0, 0.05) is 18.7 Å². The monoisotopic (exact) mass is 326 g/mol. The van der Waals surface area contributed by atoms with Crippen molar-refractivity contribution in [3.05, 3.63) is 24.3 Å². The van der Waals surface area contributed by atoms with Crippen molar-refractivity contribution in [2.75, 3.05) is 18.5 Å². The summed E-state index contributed by atoms with van der Waals surface area (Å²) in [6.45, 7) is 3.23. The second-order valence-corrected chi connectivity index (χ2v) is 6.26. The molecule has 0 radical (unpaired) electrons. The van der Waals surface area contributed by atoms with E-state index in [0.717, 1.165) is 24.3 Å². The molecule has 0 aliphatic heterocycles. The van der Waals surface area contributed by atoms with Crippen molar-refractivity contribution in [3.63, 3.8) is 0 Å². The van der Waals surface area contributed by atoms with Crippen LogP contribution in [0.3, 0.4) is 0 Å². The normalized spacial score (nSPS) is 16.5. The highest BCUT2D eigenvalue weighted by Gasteiger charge is 2.29. The average molecular weight is 327 g/mol. The van der Waals surface area contributed by atoms with Crippen molar-refractivity contribution in [1.29, 1.82) is 0 Å². The van der Waals surface area contributed by atoms with Gasteiger partial charge in [-0.1, -0.05) is 26.2 Å². The minimum atomic E-state index is 0. The van der Waals surface area contributed by atoms with Crippen molar-refractivity contribution in [2.45, 2.75) is 45.4 Å². The Morgan fingerprint density at radius 3 is 2.45 bits per heavy atom. The van der Waals surface area contributed by atoms with E-state index in [1.54, 1.807) is 0 Å². The van der Waals surface area contributed by atoms with Crippen LogP contribution in [0.4, 0.5) is 5.69 Å². The first-order valence-electron chi connectivity index (χ1n) is 7.84. The molecule has 124 valence electrons. The molecule has 4 nitrogen and oxygen atoms in total. The first kappa shape index (κ1) is 18.8. The number of nitrogens with two attached hydrogens (primary N) is 1. The number of hydrogen-bond donors (Lipinski definition) is 2. The molecule has 0 saturated heterocycles. The Morgan fingerprint density at radius 1 is 1.23 bits per heavy atom. The van der Waals surface area contributed by atoms with Crippen molar-refractivity contribution in [1.82, 2.24) is 0 Å². The maximum atomic E-state index is 12.2. The molecule has 0 atom stereocenters. The topological polar surface area (TPSA) is 64.3 Å². The molecule has 2 rings (SSSR count). The summed E-state index contributed by atoms with van der Waals surface area (Å²) < 4.78 is 5.41. The SMILES string of the molecule is CC1(CC(=O)Nc2ccc(OCCN)cc2)CCCCC1.Cl. The fourth-order valence-corrected chi connectivity index (χ4v) is 2.99. The van der Waals surface area contributed by atoms with Crippen LogP contribution in [0.1, 0.15) is 45.4 Å². The van der Waals surface area contributed by atoms with Gasteiger partial charge in [0.2, 0.25) is 5.91 Å². The lowest BCUT2D eigenvalue weighted by Crippen LogP contribution is -2.27. The first-order valence-corrected chi connectivity index (χ1v) is 7.84. The molecule has 0 unspecified atom stereocenters. The van der Waals surface area contributed by atoms with Crippen LogP contribution in [0.2, 0.25) is 0 Å². The number of nitrogens with one attached hydrogen (secondary N) is 1. The average Bonchev–Trinajstić information content (AvgIpc) is 2.46. The predicted octanol–water partition coefficient (Wildman–Crippen LogP) is 3.74. The number of amides is 1. The third-order valence-electron chi connectivity index (χ3n) is 4.17. The molecule has 0 aromatic heterocycles. The van der Waals surface area contributed by atoms with Crippen LogP contribution < -0.4 is 15.8 Å². The Hall–Kier alpha value is -1.26. The first-order chi connectivity index (χ1) is 10.1. The van der Waals surface area contributed by atoms with Gasteiger partial charge in [0.25, 0.3) is 0 Å². The summed E-state index contributed by atoms with van der Waals surface area (Å²) in [7, 11) is 0. The zero-order chi connectivity index (χ0) is 15.1. The lowest BCUT2D eigenvalue weighted by Gasteiger charge is -2.32. The zero-order valence-electron chi connectivity index (χ0n) is 13.3. The number of carbonyl (C=O) groups is 1. The predicted molar refractivity (Wildman–Crippen MR) is 92.7 cm³/mol. The molecule has 22 heavy (non-hydrogen) atoms. The standard InChI is InChI=1S/C17H26N2O2.ClH/c1-17(9-3-2-4-10-17)13-16(20)19-14-5-7-15(8-6-14)21-12-11-18;/h5-8H,2-4,9-13,18H2,1H3,(H,19,20);1H. The molecule has 1 saturated carbocycles. The van der Waals surface area contributed by atoms with Crippen LogP contribution in [0.15, 0.2) is 24.3 Å². The largest absolute Gasteiger partial charge is 0.492 e. The second-order valence-electron chi connectivity index (χ2n) is 6.26. The van der Waals surface area contributed by atoms with Gasteiger partial charge in [-0.05, 0) is 42.5 Å². The van der Waals surface area contributed by atoms with Crippen LogP contribution in [0, 0.1) is 5.41 Å². The molecule has 1 fully saturated rings. The zero-order valence-corrected chi connectivity index (χ0v) is 14.1. The Kier molecular flexibility index (Phi) is 7.69. The molecule has 1 amide bonds. The van der Waals surface area contributed by atoms with E-state index in [2.05, 4.69) is 12.2 Å². The molecule has 0 spiro atoms. The Balaban J connectivity index is 0.00000242. The fraction of sp³-hybridized carbons (Fsp3) is 0.588. The van der Waals surface area contributed by atoms with Crippen LogP contribution in [-0.2, 0) is 4.79 Å². The third kappa shape index (κ3) is 5.85. The maximum absolute atomic E-state index is 12.2. The number of rotatable bonds is 6. The lowest BCUT2D eigenvalue weighted by molar-refractivity contribution is -0.118. The molecule has 1 aromatic rings. The summed E-state index contributed by atoms with van der Waals surface area (Å²) in [5, 5.41) is 2.98. The summed E-state index contributed by atoms with van der Waals surface area (Å²) in [5.41, 5.74) is 6.38. The van der Waals surface area contributed by atoms with Gasteiger partial charge in [0.05, 0.1) is 0 Å². The van der Waals surface area contributed by atoms with Crippen LogP contribution >= 0.6 is 12.4 Å². The van der Waals surface area contributed by atoms with Gasteiger partial charge in [-0.25, -0.2) is 0 Å². The number of anilines is 1. The van der Waals surface area contributed by atoms with Crippen LogP contribution in [0.25, 0.3) is 0 Å². The van der Waals surface area contributed by atoms with Gasteiger partial charge >= 0.3 is 0 Å². The highest BCUT2D eigenvalue weighted by Crippen LogP contribution is 2.38. The molecule has 1 aliphatic carbocycles. The van der Waals surface area contributed by atoms with E-state index in [0.29, 0.717) is 19.6 Å². The molecular formula is C17H27ClN2O2. The number of halogens is 1. The molecule has 5 heteroatoms. The van der Waals surface area contributed by atoms with E-state index in [-0.39, 0.29) is 23.7 Å². The molecular weight excluding hydrogens is 300 g/mol. The Morgan fingerprint density at radius 2 is 1.86 bits per heavy atom.